The van der Waals surface area contributed by atoms with Gasteiger partial charge in [-0.25, -0.2) is 17.6 Å². The molecule has 0 heterocycles. The number of sulfonamides is 1. The van der Waals surface area contributed by atoms with E-state index in [9.17, 15) is 17.6 Å². The molecule has 198 valence electrons. The van der Waals surface area contributed by atoms with E-state index in [1.165, 1.54) is 44.0 Å². The van der Waals surface area contributed by atoms with Gasteiger partial charge in [0, 0.05) is 6.07 Å². The van der Waals surface area contributed by atoms with E-state index in [0.717, 1.165) is 28.8 Å². The van der Waals surface area contributed by atoms with Crippen molar-refractivity contribution < 1.29 is 31.8 Å². The Hall–Kier alpha value is -3.59. The van der Waals surface area contributed by atoms with Gasteiger partial charge in [0.2, 0.25) is 0 Å². The van der Waals surface area contributed by atoms with Crippen molar-refractivity contribution in [1.29, 1.82) is 0 Å². The molecule has 0 atom stereocenters. The third kappa shape index (κ3) is 6.22. The quantitative estimate of drug-likeness (QED) is 0.365. The predicted molar refractivity (Wildman–Crippen MR) is 140 cm³/mol. The lowest BCUT2D eigenvalue weighted by molar-refractivity contribution is 0.0466. The summed E-state index contributed by atoms with van der Waals surface area (Å²) in [5.41, 5.74) is 3.59. The zero-order valence-corrected chi connectivity index (χ0v) is 22.9. The van der Waals surface area contributed by atoms with E-state index < -0.39 is 21.8 Å². The molecule has 0 fully saturated rings. The minimum absolute atomic E-state index is 0.00718. The molecule has 0 aromatic heterocycles. The second-order valence-corrected chi connectivity index (χ2v) is 11.4. The number of aryl methyl sites for hydroxylation is 2. The molecule has 0 saturated heterocycles. The van der Waals surface area contributed by atoms with Crippen LogP contribution in [0.4, 0.5) is 10.1 Å². The van der Waals surface area contributed by atoms with Gasteiger partial charge in [0.25, 0.3) is 10.0 Å². The fraction of sp³-hybridized carbons (Fsp3) is 0.321. The number of methoxy groups -OCH3 is 2. The predicted octanol–water partition coefficient (Wildman–Crippen LogP) is 5.92. The van der Waals surface area contributed by atoms with Gasteiger partial charge in [-0.1, -0.05) is 45.0 Å². The van der Waals surface area contributed by atoms with E-state index in [0.29, 0.717) is 0 Å². The van der Waals surface area contributed by atoms with Gasteiger partial charge >= 0.3 is 5.97 Å². The summed E-state index contributed by atoms with van der Waals surface area (Å²) in [7, 11) is -1.63. The summed E-state index contributed by atoms with van der Waals surface area (Å²) >= 11 is 0. The summed E-state index contributed by atoms with van der Waals surface area (Å²) in [6, 6.07) is 11.8. The highest BCUT2D eigenvalue weighted by Gasteiger charge is 2.26. The van der Waals surface area contributed by atoms with Crippen LogP contribution in [-0.2, 0) is 26.8 Å². The van der Waals surface area contributed by atoms with E-state index >= 15 is 0 Å². The van der Waals surface area contributed by atoms with Crippen LogP contribution < -0.4 is 14.2 Å². The molecular formula is C28H32FNO6S. The maximum Gasteiger partial charge on any atom is 0.342 e. The zero-order chi connectivity index (χ0) is 27.5. The number of nitrogens with one attached hydrogen (secondary N) is 1. The fourth-order valence-electron chi connectivity index (χ4n) is 3.86. The molecule has 7 nitrogen and oxygen atoms in total. The lowest BCUT2D eigenvalue weighted by Crippen LogP contribution is -2.16. The van der Waals surface area contributed by atoms with Crippen LogP contribution in [0.2, 0.25) is 0 Å². The summed E-state index contributed by atoms with van der Waals surface area (Å²) in [6.07, 6.45) is 0. The number of para-hydroxylation sites is 1. The van der Waals surface area contributed by atoms with Crippen molar-refractivity contribution in [1.82, 2.24) is 0 Å². The summed E-state index contributed by atoms with van der Waals surface area (Å²) in [6.45, 7) is 10.3. The van der Waals surface area contributed by atoms with Gasteiger partial charge in [-0.15, -0.1) is 0 Å². The average molecular weight is 530 g/mol. The molecule has 3 aromatic rings. The molecule has 0 aliphatic carbocycles. The van der Waals surface area contributed by atoms with Gasteiger partial charge in [-0.2, -0.15) is 0 Å². The second kappa shape index (κ2) is 10.8. The van der Waals surface area contributed by atoms with Gasteiger partial charge in [-0.3, -0.25) is 4.72 Å². The summed E-state index contributed by atoms with van der Waals surface area (Å²) in [5, 5.41) is 0. The number of esters is 1. The first kappa shape index (κ1) is 28.0. The van der Waals surface area contributed by atoms with Gasteiger partial charge in [0.05, 0.1) is 24.8 Å². The van der Waals surface area contributed by atoms with Gasteiger partial charge < -0.3 is 14.2 Å². The molecule has 0 bridgehead atoms. The molecular weight excluding hydrogens is 497 g/mol. The average Bonchev–Trinajstić information content (AvgIpc) is 2.83. The SMILES string of the molecule is COc1cc(S(=O)(=O)Nc2ccccc2F)cc(C(=O)OCc2c(C)cc(C(C)(C)C)cc2C)c1OC. The number of hydrogen-bond donors (Lipinski definition) is 1. The Morgan fingerprint density at radius 1 is 0.973 bits per heavy atom. The summed E-state index contributed by atoms with van der Waals surface area (Å²) in [4.78, 5) is 12.9. The number of rotatable bonds is 8. The molecule has 37 heavy (non-hydrogen) atoms. The van der Waals surface area contributed by atoms with Crippen molar-refractivity contribution in [3.63, 3.8) is 0 Å². The van der Waals surface area contributed by atoms with Crippen LogP contribution in [0.15, 0.2) is 53.4 Å². The van der Waals surface area contributed by atoms with Gasteiger partial charge in [0.1, 0.15) is 18.0 Å². The summed E-state index contributed by atoms with van der Waals surface area (Å²) < 4.78 is 58.6. The smallest absolute Gasteiger partial charge is 0.342 e. The molecule has 1 N–H and O–H groups in total. The first-order chi connectivity index (χ1) is 17.3. The molecule has 0 spiro atoms. The number of anilines is 1. The highest BCUT2D eigenvalue weighted by Crippen LogP contribution is 2.36. The molecule has 9 heteroatoms. The van der Waals surface area contributed by atoms with Crippen LogP contribution in [0.5, 0.6) is 11.5 Å². The maximum absolute atomic E-state index is 14.1. The fourth-order valence-corrected chi connectivity index (χ4v) is 4.97. The van der Waals surface area contributed by atoms with E-state index in [1.807, 2.05) is 13.8 Å². The number of ether oxygens (including phenoxy) is 3. The number of carbonyl (C=O) groups is 1. The number of benzene rings is 3. The van der Waals surface area contributed by atoms with Crippen molar-refractivity contribution >= 4 is 21.7 Å². The van der Waals surface area contributed by atoms with Crippen LogP contribution in [0.25, 0.3) is 0 Å². The Bertz CT molecular complexity index is 1400. The van der Waals surface area contributed by atoms with Gasteiger partial charge in [-0.05, 0) is 59.7 Å². The van der Waals surface area contributed by atoms with Crippen molar-refractivity contribution in [2.75, 3.05) is 18.9 Å². The number of halogens is 1. The number of carbonyl (C=O) groups excluding carboxylic acids is 1. The molecule has 0 unspecified atom stereocenters. The molecule has 0 aliphatic heterocycles. The van der Waals surface area contributed by atoms with Crippen LogP contribution in [-0.4, -0.2) is 28.6 Å². The van der Waals surface area contributed by atoms with Crippen molar-refractivity contribution in [3.8, 4) is 11.5 Å². The second-order valence-electron chi connectivity index (χ2n) is 9.71. The normalized spacial score (nSPS) is 11.7. The molecule has 0 saturated carbocycles. The minimum atomic E-state index is -4.28. The molecule has 0 amide bonds. The minimum Gasteiger partial charge on any atom is -0.493 e. The molecule has 0 aliphatic rings. The van der Waals surface area contributed by atoms with Crippen molar-refractivity contribution in [2.45, 2.75) is 51.5 Å². The Morgan fingerprint density at radius 2 is 1.59 bits per heavy atom. The topological polar surface area (TPSA) is 90.9 Å². The Labute approximate surface area is 217 Å². The van der Waals surface area contributed by atoms with E-state index in [1.54, 1.807) is 0 Å². The standard InChI is InChI=1S/C28H32FNO6S/c1-17-12-19(28(3,4)5)13-18(2)22(17)16-36-27(31)21-14-20(15-25(34-6)26(21)35-7)37(32,33)30-24-11-9-8-10-23(24)29/h8-15,30H,16H2,1-7H3. The zero-order valence-electron chi connectivity index (χ0n) is 22.1. The maximum atomic E-state index is 14.1. The lowest BCUT2D eigenvalue weighted by Gasteiger charge is -2.22. The van der Waals surface area contributed by atoms with Gasteiger partial charge in [0.15, 0.2) is 11.5 Å². The van der Waals surface area contributed by atoms with Crippen molar-refractivity contribution in [3.05, 3.63) is 82.2 Å². The lowest BCUT2D eigenvalue weighted by atomic mass is 9.84. The molecule has 3 aromatic carbocycles. The first-order valence-corrected chi connectivity index (χ1v) is 13.1. The van der Waals surface area contributed by atoms with Crippen LogP contribution in [0.1, 0.15) is 53.4 Å². The van der Waals surface area contributed by atoms with Crippen LogP contribution in [0, 0.1) is 19.7 Å². The Morgan fingerprint density at radius 3 is 2.14 bits per heavy atom. The highest BCUT2D eigenvalue weighted by atomic mass is 32.2. The third-order valence-electron chi connectivity index (χ3n) is 6.01. The van der Waals surface area contributed by atoms with Crippen molar-refractivity contribution in [2.24, 2.45) is 0 Å². The van der Waals surface area contributed by atoms with E-state index in [-0.39, 0.29) is 39.7 Å². The number of hydrogen-bond acceptors (Lipinski definition) is 6. The Kier molecular flexibility index (Phi) is 8.17. The largest absolute Gasteiger partial charge is 0.493 e. The van der Waals surface area contributed by atoms with E-state index in [2.05, 4.69) is 37.6 Å². The third-order valence-corrected chi connectivity index (χ3v) is 7.36. The van der Waals surface area contributed by atoms with Crippen LogP contribution in [0.3, 0.4) is 0 Å². The monoisotopic (exact) mass is 529 g/mol. The van der Waals surface area contributed by atoms with E-state index in [4.69, 9.17) is 14.2 Å². The molecule has 3 rings (SSSR count). The Balaban J connectivity index is 1.96. The van der Waals surface area contributed by atoms with Crippen LogP contribution >= 0.6 is 0 Å². The highest BCUT2D eigenvalue weighted by molar-refractivity contribution is 7.92. The molecule has 0 radical (unpaired) electrons. The summed E-state index contributed by atoms with van der Waals surface area (Å²) in [5.74, 6) is -1.51. The first-order valence-electron chi connectivity index (χ1n) is 11.6.